The summed E-state index contributed by atoms with van der Waals surface area (Å²) in [7, 11) is 0. The number of hydrogen-bond donors (Lipinski definition) is 1. The summed E-state index contributed by atoms with van der Waals surface area (Å²) in [6.07, 6.45) is 0.564. The predicted molar refractivity (Wildman–Crippen MR) is 88.1 cm³/mol. The molecule has 0 bridgehead atoms. The molecule has 0 fully saturated rings. The van der Waals surface area contributed by atoms with Crippen LogP contribution in [0.25, 0.3) is 0 Å². The molecular weight excluding hydrogens is 268 g/mol. The van der Waals surface area contributed by atoms with Crippen molar-refractivity contribution in [3.8, 4) is 0 Å². The lowest BCUT2D eigenvalue weighted by Crippen LogP contribution is -2.33. The van der Waals surface area contributed by atoms with Gasteiger partial charge < -0.3 is 10.6 Å². The summed E-state index contributed by atoms with van der Waals surface area (Å²) >= 11 is 4.86. The van der Waals surface area contributed by atoms with E-state index in [0.717, 1.165) is 0 Å². The second-order valence-corrected chi connectivity index (χ2v) is 6.45. The van der Waals surface area contributed by atoms with Crippen LogP contribution in [-0.2, 0) is 5.41 Å². The maximum atomic E-state index is 12.4. The van der Waals surface area contributed by atoms with Gasteiger partial charge in [0.25, 0.3) is 5.91 Å². The van der Waals surface area contributed by atoms with E-state index < -0.39 is 0 Å². The number of benzene rings is 1. The Morgan fingerprint density at radius 1 is 1.25 bits per heavy atom. The molecule has 0 aliphatic rings. The number of carbonyl (C=O) groups excluding carboxylic acids is 1. The molecule has 0 unspecified atom stereocenters. The SMILES string of the molecule is CCN(CCC(N)=S)C(=O)c1ccc(C(C)(C)C)cc1. The molecular formula is C16H24N2OS. The van der Waals surface area contributed by atoms with Crippen LogP contribution in [0, 0.1) is 0 Å². The van der Waals surface area contributed by atoms with Gasteiger partial charge in [-0.3, -0.25) is 4.79 Å². The highest BCUT2D eigenvalue weighted by Crippen LogP contribution is 2.22. The number of amides is 1. The molecule has 0 aliphatic heterocycles. The molecule has 1 amide bonds. The van der Waals surface area contributed by atoms with Crippen LogP contribution >= 0.6 is 12.2 Å². The molecule has 0 aromatic heterocycles. The van der Waals surface area contributed by atoms with Crippen LogP contribution in [0.15, 0.2) is 24.3 Å². The molecule has 1 aromatic carbocycles. The summed E-state index contributed by atoms with van der Waals surface area (Å²) in [5.74, 6) is 0.0317. The van der Waals surface area contributed by atoms with Crippen molar-refractivity contribution < 1.29 is 4.79 Å². The van der Waals surface area contributed by atoms with E-state index in [0.29, 0.717) is 30.1 Å². The Morgan fingerprint density at radius 3 is 2.20 bits per heavy atom. The Hall–Kier alpha value is -1.42. The van der Waals surface area contributed by atoms with Crippen LogP contribution in [0.4, 0.5) is 0 Å². The third-order valence-corrected chi connectivity index (χ3v) is 3.50. The molecule has 0 aliphatic carbocycles. The first-order valence-corrected chi connectivity index (χ1v) is 7.34. The summed E-state index contributed by atoms with van der Waals surface area (Å²) in [5.41, 5.74) is 7.52. The maximum absolute atomic E-state index is 12.4. The summed E-state index contributed by atoms with van der Waals surface area (Å²) in [6, 6.07) is 7.84. The zero-order valence-electron chi connectivity index (χ0n) is 12.8. The standard InChI is InChI=1S/C16H24N2OS/c1-5-18(11-10-14(17)20)15(19)12-6-8-13(9-7-12)16(2,3)4/h6-9H,5,10-11H2,1-4H3,(H2,17,20). The van der Waals surface area contributed by atoms with Gasteiger partial charge in [-0.2, -0.15) is 0 Å². The first-order valence-electron chi connectivity index (χ1n) is 6.94. The van der Waals surface area contributed by atoms with Crippen molar-refractivity contribution in [1.82, 2.24) is 4.90 Å². The van der Waals surface area contributed by atoms with E-state index in [1.54, 1.807) is 4.90 Å². The van der Waals surface area contributed by atoms with E-state index >= 15 is 0 Å². The number of rotatable bonds is 5. The van der Waals surface area contributed by atoms with Crippen LogP contribution in [0.5, 0.6) is 0 Å². The van der Waals surface area contributed by atoms with Crippen molar-refractivity contribution in [3.63, 3.8) is 0 Å². The summed E-state index contributed by atoms with van der Waals surface area (Å²) in [4.78, 5) is 14.6. The van der Waals surface area contributed by atoms with Gasteiger partial charge in [-0.1, -0.05) is 45.1 Å². The van der Waals surface area contributed by atoms with Crippen LogP contribution in [0.2, 0.25) is 0 Å². The lowest BCUT2D eigenvalue weighted by Gasteiger charge is -2.22. The van der Waals surface area contributed by atoms with Crippen LogP contribution in [-0.4, -0.2) is 28.9 Å². The minimum Gasteiger partial charge on any atom is -0.393 e. The third-order valence-electron chi connectivity index (χ3n) is 3.29. The van der Waals surface area contributed by atoms with Crippen molar-refractivity contribution in [2.45, 2.75) is 39.5 Å². The highest BCUT2D eigenvalue weighted by molar-refractivity contribution is 7.80. The molecule has 110 valence electrons. The second kappa shape index (κ2) is 6.84. The van der Waals surface area contributed by atoms with Gasteiger partial charge in [0.15, 0.2) is 0 Å². The lowest BCUT2D eigenvalue weighted by atomic mass is 9.86. The van der Waals surface area contributed by atoms with Crippen molar-refractivity contribution in [3.05, 3.63) is 35.4 Å². The van der Waals surface area contributed by atoms with Crippen LogP contribution in [0.3, 0.4) is 0 Å². The molecule has 1 rings (SSSR count). The van der Waals surface area contributed by atoms with E-state index in [9.17, 15) is 4.79 Å². The fourth-order valence-electron chi connectivity index (χ4n) is 1.94. The van der Waals surface area contributed by atoms with Gasteiger partial charge in [0.1, 0.15) is 0 Å². The fraction of sp³-hybridized carbons (Fsp3) is 0.500. The Balaban J connectivity index is 2.82. The molecule has 0 radical (unpaired) electrons. The summed E-state index contributed by atoms with van der Waals surface area (Å²) in [6.45, 7) is 9.66. The number of carbonyl (C=O) groups is 1. The number of hydrogen-bond acceptors (Lipinski definition) is 2. The van der Waals surface area contributed by atoms with E-state index in [2.05, 4.69) is 20.8 Å². The molecule has 20 heavy (non-hydrogen) atoms. The minimum atomic E-state index is 0.0317. The van der Waals surface area contributed by atoms with E-state index in [4.69, 9.17) is 18.0 Å². The number of nitrogens with two attached hydrogens (primary N) is 1. The first-order chi connectivity index (χ1) is 9.25. The van der Waals surface area contributed by atoms with Gasteiger partial charge in [0.2, 0.25) is 0 Å². The number of nitrogens with zero attached hydrogens (tertiary/aromatic N) is 1. The predicted octanol–water partition coefficient (Wildman–Crippen LogP) is 3.12. The largest absolute Gasteiger partial charge is 0.393 e. The van der Waals surface area contributed by atoms with Gasteiger partial charge in [-0.25, -0.2) is 0 Å². The Labute approximate surface area is 127 Å². The van der Waals surface area contributed by atoms with Crippen molar-refractivity contribution >= 4 is 23.1 Å². The Morgan fingerprint density at radius 2 is 1.80 bits per heavy atom. The molecule has 0 saturated carbocycles. The van der Waals surface area contributed by atoms with Crippen molar-refractivity contribution in [2.75, 3.05) is 13.1 Å². The summed E-state index contributed by atoms with van der Waals surface area (Å²) in [5, 5.41) is 0. The summed E-state index contributed by atoms with van der Waals surface area (Å²) < 4.78 is 0. The molecule has 0 atom stereocenters. The zero-order chi connectivity index (χ0) is 15.3. The highest BCUT2D eigenvalue weighted by Gasteiger charge is 2.17. The van der Waals surface area contributed by atoms with Crippen LogP contribution < -0.4 is 5.73 Å². The van der Waals surface area contributed by atoms with Gasteiger partial charge >= 0.3 is 0 Å². The topological polar surface area (TPSA) is 46.3 Å². The van der Waals surface area contributed by atoms with E-state index in [1.165, 1.54) is 5.56 Å². The quantitative estimate of drug-likeness (QED) is 0.848. The first kappa shape index (κ1) is 16.6. The van der Waals surface area contributed by atoms with Gasteiger partial charge in [-0.05, 0) is 30.0 Å². The van der Waals surface area contributed by atoms with Crippen LogP contribution in [0.1, 0.15) is 50.0 Å². The second-order valence-electron chi connectivity index (χ2n) is 5.93. The molecule has 3 nitrogen and oxygen atoms in total. The smallest absolute Gasteiger partial charge is 0.253 e. The molecule has 0 heterocycles. The fourth-order valence-corrected chi connectivity index (χ4v) is 2.04. The van der Waals surface area contributed by atoms with Gasteiger partial charge in [-0.15, -0.1) is 0 Å². The average molecular weight is 292 g/mol. The van der Waals surface area contributed by atoms with Gasteiger partial charge in [0, 0.05) is 25.1 Å². The van der Waals surface area contributed by atoms with Crippen molar-refractivity contribution in [2.24, 2.45) is 5.73 Å². The third kappa shape index (κ3) is 4.60. The minimum absolute atomic E-state index is 0.0317. The normalized spacial score (nSPS) is 11.2. The van der Waals surface area contributed by atoms with E-state index in [-0.39, 0.29) is 11.3 Å². The molecule has 0 spiro atoms. The molecule has 1 aromatic rings. The van der Waals surface area contributed by atoms with E-state index in [1.807, 2.05) is 31.2 Å². The Kier molecular flexibility index (Phi) is 5.69. The number of thiocarbonyl (C=S) groups is 1. The Bertz CT molecular complexity index is 474. The molecule has 0 saturated heterocycles. The average Bonchev–Trinajstić information content (AvgIpc) is 2.38. The van der Waals surface area contributed by atoms with Crippen molar-refractivity contribution in [1.29, 1.82) is 0 Å². The van der Waals surface area contributed by atoms with Gasteiger partial charge in [0.05, 0.1) is 4.99 Å². The zero-order valence-corrected chi connectivity index (χ0v) is 13.6. The lowest BCUT2D eigenvalue weighted by molar-refractivity contribution is 0.0769. The highest BCUT2D eigenvalue weighted by atomic mass is 32.1. The molecule has 2 N–H and O–H groups in total. The molecule has 4 heteroatoms. The monoisotopic (exact) mass is 292 g/mol. The maximum Gasteiger partial charge on any atom is 0.253 e.